The fourth-order valence-corrected chi connectivity index (χ4v) is 2.82. The van der Waals surface area contributed by atoms with Crippen LogP contribution in [0.25, 0.3) is 0 Å². The van der Waals surface area contributed by atoms with Crippen LogP contribution < -0.4 is 10.1 Å². The smallest absolute Gasteiger partial charge is 0.318 e. The fraction of sp³-hybridized carbons (Fsp3) is 0.471. The van der Waals surface area contributed by atoms with E-state index in [1.807, 2.05) is 30.3 Å². The van der Waals surface area contributed by atoms with Crippen LogP contribution in [0.5, 0.6) is 5.75 Å². The molecular formula is C17H22N4O3. The normalized spacial score (nSPS) is 17.5. The first-order chi connectivity index (χ1) is 11.7. The molecule has 1 N–H and O–H groups in total. The highest BCUT2D eigenvalue weighted by molar-refractivity contribution is 5.74. The Morgan fingerprint density at radius 3 is 2.96 bits per heavy atom. The lowest BCUT2D eigenvalue weighted by Gasteiger charge is -2.33. The minimum atomic E-state index is -0.144. The molecule has 7 nitrogen and oxygen atoms in total. The molecule has 0 saturated carbocycles. The Labute approximate surface area is 141 Å². The lowest BCUT2D eigenvalue weighted by atomic mass is 10.0. The summed E-state index contributed by atoms with van der Waals surface area (Å²) in [6.45, 7) is 3.34. The maximum absolute atomic E-state index is 12.5. The van der Waals surface area contributed by atoms with Gasteiger partial charge in [0.15, 0.2) is 5.82 Å². The van der Waals surface area contributed by atoms with Crippen molar-refractivity contribution in [2.75, 3.05) is 19.7 Å². The lowest BCUT2D eigenvalue weighted by molar-refractivity contribution is 0.131. The second-order valence-electron chi connectivity index (χ2n) is 5.78. The molecule has 1 aromatic heterocycles. The highest BCUT2D eigenvalue weighted by Gasteiger charge is 2.31. The average Bonchev–Trinajstić information content (AvgIpc) is 3.06. The summed E-state index contributed by atoms with van der Waals surface area (Å²) < 4.78 is 10.8. The minimum absolute atomic E-state index is 0.118. The third kappa shape index (κ3) is 4.04. The lowest BCUT2D eigenvalue weighted by Crippen LogP contribution is -2.45. The van der Waals surface area contributed by atoms with E-state index in [9.17, 15) is 4.79 Å². The predicted molar refractivity (Wildman–Crippen MR) is 87.7 cm³/mol. The summed E-state index contributed by atoms with van der Waals surface area (Å²) in [6, 6.07) is 9.28. The number of ether oxygens (including phenoxy) is 1. The quantitative estimate of drug-likeness (QED) is 0.853. The third-order valence-electron chi connectivity index (χ3n) is 3.98. The number of benzene rings is 1. The summed E-state index contributed by atoms with van der Waals surface area (Å²) >= 11 is 0. The molecule has 2 amide bonds. The van der Waals surface area contributed by atoms with E-state index in [2.05, 4.69) is 15.5 Å². The second-order valence-corrected chi connectivity index (χ2v) is 5.78. The van der Waals surface area contributed by atoms with Crippen LogP contribution in [0.15, 0.2) is 34.9 Å². The molecular weight excluding hydrogens is 308 g/mol. The number of likely N-dealkylation sites (tertiary alicyclic amines) is 1. The van der Waals surface area contributed by atoms with Crippen LogP contribution in [-0.4, -0.2) is 40.8 Å². The van der Waals surface area contributed by atoms with E-state index in [0.717, 1.165) is 25.0 Å². The molecule has 1 aromatic carbocycles. The maximum Gasteiger partial charge on any atom is 0.318 e. The van der Waals surface area contributed by atoms with Gasteiger partial charge in [0, 0.05) is 6.54 Å². The van der Waals surface area contributed by atoms with Crippen molar-refractivity contribution in [1.82, 2.24) is 20.4 Å². The molecule has 0 unspecified atom stereocenters. The Morgan fingerprint density at radius 1 is 1.38 bits per heavy atom. The number of urea groups is 1. The average molecular weight is 330 g/mol. The Morgan fingerprint density at radius 2 is 2.21 bits per heavy atom. The number of rotatable bonds is 5. The van der Waals surface area contributed by atoms with Gasteiger partial charge in [-0.25, -0.2) is 4.79 Å². The van der Waals surface area contributed by atoms with Crippen molar-refractivity contribution in [3.8, 4) is 5.75 Å². The number of para-hydroxylation sites is 1. The molecule has 2 heterocycles. The number of piperidine rings is 1. The van der Waals surface area contributed by atoms with Crippen molar-refractivity contribution in [2.45, 2.75) is 32.2 Å². The number of carbonyl (C=O) groups excluding carboxylic acids is 1. The van der Waals surface area contributed by atoms with Gasteiger partial charge < -0.3 is 19.5 Å². The van der Waals surface area contributed by atoms with Crippen LogP contribution in [0.1, 0.15) is 37.0 Å². The topological polar surface area (TPSA) is 80.5 Å². The van der Waals surface area contributed by atoms with Gasteiger partial charge in [0.2, 0.25) is 5.89 Å². The molecule has 24 heavy (non-hydrogen) atoms. The van der Waals surface area contributed by atoms with Gasteiger partial charge in [0.05, 0.1) is 6.54 Å². The first-order valence-electron chi connectivity index (χ1n) is 8.26. The van der Waals surface area contributed by atoms with Crippen LogP contribution in [0.4, 0.5) is 4.79 Å². The molecule has 7 heteroatoms. The molecule has 1 atom stereocenters. The van der Waals surface area contributed by atoms with E-state index in [4.69, 9.17) is 9.26 Å². The van der Waals surface area contributed by atoms with Crippen LogP contribution in [0, 0.1) is 6.92 Å². The molecule has 1 aliphatic heterocycles. The number of nitrogens with zero attached hydrogens (tertiary/aromatic N) is 3. The Balaban J connectivity index is 1.51. The summed E-state index contributed by atoms with van der Waals surface area (Å²) in [7, 11) is 0. The zero-order chi connectivity index (χ0) is 16.8. The number of hydrogen-bond donors (Lipinski definition) is 1. The zero-order valence-electron chi connectivity index (χ0n) is 13.8. The van der Waals surface area contributed by atoms with Crippen molar-refractivity contribution in [2.24, 2.45) is 0 Å². The number of aryl methyl sites for hydroxylation is 1. The molecule has 3 rings (SSSR count). The first-order valence-corrected chi connectivity index (χ1v) is 8.26. The minimum Gasteiger partial charge on any atom is -0.492 e. The van der Waals surface area contributed by atoms with Gasteiger partial charge in [0.1, 0.15) is 18.4 Å². The molecule has 2 aromatic rings. The van der Waals surface area contributed by atoms with E-state index in [1.54, 1.807) is 11.8 Å². The fourth-order valence-electron chi connectivity index (χ4n) is 2.82. The van der Waals surface area contributed by atoms with Gasteiger partial charge in [-0.05, 0) is 38.3 Å². The summed E-state index contributed by atoms with van der Waals surface area (Å²) in [5, 5.41) is 6.73. The largest absolute Gasteiger partial charge is 0.492 e. The van der Waals surface area contributed by atoms with E-state index in [0.29, 0.717) is 31.4 Å². The van der Waals surface area contributed by atoms with Gasteiger partial charge >= 0.3 is 6.03 Å². The third-order valence-corrected chi connectivity index (χ3v) is 3.98. The van der Waals surface area contributed by atoms with Crippen molar-refractivity contribution in [3.63, 3.8) is 0 Å². The number of nitrogens with one attached hydrogen (secondary N) is 1. The molecule has 1 fully saturated rings. The molecule has 0 bridgehead atoms. The van der Waals surface area contributed by atoms with Gasteiger partial charge in [-0.15, -0.1) is 0 Å². The first kappa shape index (κ1) is 16.3. The molecule has 1 saturated heterocycles. The summed E-state index contributed by atoms with van der Waals surface area (Å²) in [4.78, 5) is 18.5. The van der Waals surface area contributed by atoms with Crippen molar-refractivity contribution in [3.05, 3.63) is 42.0 Å². The Hall–Kier alpha value is -2.57. The van der Waals surface area contributed by atoms with Crippen molar-refractivity contribution in [1.29, 1.82) is 0 Å². The monoisotopic (exact) mass is 330 g/mol. The van der Waals surface area contributed by atoms with E-state index >= 15 is 0 Å². The predicted octanol–water partition coefficient (Wildman–Crippen LogP) is 2.69. The molecule has 128 valence electrons. The summed E-state index contributed by atoms with van der Waals surface area (Å²) in [5.41, 5.74) is 0. The van der Waals surface area contributed by atoms with Gasteiger partial charge in [-0.3, -0.25) is 0 Å². The number of hydrogen-bond acceptors (Lipinski definition) is 5. The second kappa shape index (κ2) is 7.81. The molecule has 0 spiro atoms. The van der Waals surface area contributed by atoms with Crippen LogP contribution in [0.2, 0.25) is 0 Å². The standard InChI is InChI=1S/C17H22N4O3/c1-13-19-16(24-20-13)15-9-5-6-11-21(15)17(22)18-10-12-23-14-7-3-2-4-8-14/h2-4,7-8,15H,5-6,9-12H2,1H3,(H,18,22)/t15-/m0/s1. The maximum atomic E-state index is 12.5. The SMILES string of the molecule is Cc1noc([C@@H]2CCCCN2C(=O)NCCOc2ccccc2)n1. The number of amides is 2. The molecule has 0 radical (unpaired) electrons. The summed E-state index contributed by atoms with van der Waals surface area (Å²) in [6.07, 6.45) is 2.88. The number of carbonyl (C=O) groups is 1. The highest BCUT2D eigenvalue weighted by Crippen LogP contribution is 2.29. The molecule has 0 aliphatic carbocycles. The van der Waals surface area contributed by atoms with Crippen molar-refractivity contribution >= 4 is 6.03 Å². The zero-order valence-corrected chi connectivity index (χ0v) is 13.8. The van der Waals surface area contributed by atoms with Gasteiger partial charge in [-0.1, -0.05) is 23.4 Å². The number of aromatic nitrogens is 2. The van der Waals surface area contributed by atoms with E-state index in [-0.39, 0.29) is 12.1 Å². The van der Waals surface area contributed by atoms with E-state index < -0.39 is 0 Å². The van der Waals surface area contributed by atoms with Crippen LogP contribution in [0.3, 0.4) is 0 Å². The van der Waals surface area contributed by atoms with Gasteiger partial charge in [-0.2, -0.15) is 4.98 Å². The highest BCUT2D eigenvalue weighted by atomic mass is 16.5. The van der Waals surface area contributed by atoms with Crippen LogP contribution >= 0.6 is 0 Å². The summed E-state index contributed by atoms with van der Waals surface area (Å²) in [5.74, 6) is 1.90. The van der Waals surface area contributed by atoms with Crippen molar-refractivity contribution < 1.29 is 14.1 Å². The van der Waals surface area contributed by atoms with Gasteiger partial charge in [0.25, 0.3) is 0 Å². The van der Waals surface area contributed by atoms with Crippen LogP contribution in [-0.2, 0) is 0 Å². The molecule has 1 aliphatic rings. The Bertz CT molecular complexity index is 659. The Kier molecular flexibility index (Phi) is 5.30. The van der Waals surface area contributed by atoms with E-state index in [1.165, 1.54) is 0 Å².